The number of benzene rings is 2. The minimum absolute atomic E-state index is 0.0299. The zero-order chi connectivity index (χ0) is 17.1. The van der Waals surface area contributed by atoms with Gasteiger partial charge in [-0.25, -0.2) is 4.68 Å². The minimum Gasteiger partial charge on any atom is -0.325 e. The van der Waals surface area contributed by atoms with E-state index in [0.717, 1.165) is 28.1 Å². The van der Waals surface area contributed by atoms with Crippen LogP contribution in [-0.4, -0.2) is 15.7 Å². The van der Waals surface area contributed by atoms with Crippen molar-refractivity contribution < 1.29 is 4.79 Å². The van der Waals surface area contributed by atoms with Gasteiger partial charge >= 0.3 is 0 Å². The van der Waals surface area contributed by atoms with E-state index in [1.54, 1.807) is 10.9 Å². The first-order valence-corrected chi connectivity index (χ1v) is 7.99. The van der Waals surface area contributed by atoms with Crippen molar-refractivity contribution in [2.75, 3.05) is 5.32 Å². The van der Waals surface area contributed by atoms with Crippen LogP contribution in [-0.2, 0) is 11.2 Å². The van der Waals surface area contributed by atoms with Crippen LogP contribution < -0.4 is 5.32 Å². The molecule has 0 radical (unpaired) electrons. The molecule has 0 fully saturated rings. The number of carbonyl (C=O) groups is 1. The number of amides is 1. The molecule has 0 bridgehead atoms. The van der Waals surface area contributed by atoms with Crippen molar-refractivity contribution in [3.8, 4) is 5.69 Å². The highest BCUT2D eigenvalue weighted by Crippen LogP contribution is 2.22. The van der Waals surface area contributed by atoms with Crippen molar-refractivity contribution in [1.82, 2.24) is 9.78 Å². The largest absolute Gasteiger partial charge is 0.325 e. The Morgan fingerprint density at radius 2 is 1.75 bits per heavy atom. The molecule has 0 unspecified atom stereocenters. The second-order valence-corrected chi connectivity index (χ2v) is 6.13. The summed E-state index contributed by atoms with van der Waals surface area (Å²) in [6.07, 6.45) is 3.94. The number of nitrogens with zero attached hydrogens (tertiary/aromatic N) is 2. The smallest absolute Gasteiger partial charge is 0.228 e. The van der Waals surface area contributed by atoms with Crippen molar-refractivity contribution >= 4 is 11.6 Å². The van der Waals surface area contributed by atoms with Gasteiger partial charge in [0, 0.05) is 11.9 Å². The number of nitrogens with one attached hydrogen (secondary N) is 1. The van der Waals surface area contributed by atoms with Gasteiger partial charge < -0.3 is 5.32 Å². The van der Waals surface area contributed by atoms with Gasteiger partial charge in [-0.1, -0.05) is 35.9 Å². The SMILES string of the molecule is Cc1cc(C)c(NC(=O)Cc2cnn(-c3ccccc3)c2)c(C)c1. The quantitative estimate of drug-likeness (QED) is 0.790. The van der Waals surface area contributed by atoms with E-state index in [2.05, 4.69) is 29.5 Å². The summed E-state index contributed by atoms with van der Waals surface area (Å²) >= 11 is 0. The Morgan fingerprint density at radius 1 is 1.08 bits per heavy atom. The van der Waals surface area contributed by atoms with Crippen molar-refractivity contribution in [2.24, 2.45) is 0 Å². The third-order valence-electron chi connectivity index (χ3n) is 3.96. The van der Waals surface area contributed by atoms with Crippen LogP contribution in [0.2, 0.25) is 0 Å². The monoisotopic (exact) mass is 319 g/mol. The average Bonchev–Trinajstić information content (AvgIpc) is 3.00. The average molecular weight is 319 g/mol. The predicted octanol–water partition coefficient (Wildman–Crippen LogP) is 3.98. The van der Waals surface area contributed by atoms with Gasteiger partial charge in [0.05, 0.1) is 18.3 Å². The van der Waals surface area contributed by atoms with Crippen molar-refractivity contribution in [1.29, 1.82) is 0 Å². The lowest BCUT2D eigenvalue weighted by Crippen LogP contribution is -2.16. The van der Waals surface area contributed by atoms with Gasteiger partial charge in [0.2, 0.25) is 5.91 Å². The Balaban J connectivity index is 1.71. The fourth-order valence-corrected chi connectivity index (χ4v) is 2.92. The van der Waals surface area contributed by atoms with E-state index in [-0.39, 0.29) is 5.91 Å². The molecule has 2 aromatic carbocycles. The molecule has 3 rings (SSSR count). The van der Waals surface area contributed by atoms with Gasteiger partial charge in [-0.05, 0) is 49.6 Å². The van der Waals surface area contributed by atoms with E-state index in [9.17, 15) is 4.79 Å². The van der Waals surface area contributed by atoms with Crippen LogP contribution >= 0.6 is 0 Å². The van der Waals surface area contributed by atoms with Gasteiger partial charge in [-0.15, -0.1) is 0 Å². The van der Waals surface area contributed by atoms with E-state index >= 15 is 0 Å². The van der Waals surface area contributed by atoms with Crippen molar-refractivity contribution in [3.63, 3.8) is 0 Å². The van der Waals surface area contributed by atoms with Crippen LogP contribution in [0.3, 0.4) is 0 Å². The van der Waals surface area contributed by atoms with E-state index in [1.807, 2.05) is 50.4 Å². The third-order valence-corrected chi connectivity index (χ3v) is 3.96. The van der Waals surface area contributed by atoms with Crippen LogP contribution in [0.15, 0.2) is 54.9 Å². The number of rotatable bonds is 4. The van der Waals surface area contributed by atoms with Gasteiger partial charge in [-0.2, -0.15) is 5.10 Å². The fraction of sp³-hybridized carbons (Fsp3) is 0.200. The Kier molecular flexibility index (Phi) is 4.47. The van der Waals surface area contributed by atoms with Gasteiger partial charge in [0.1, 0.15) is 0 Å². The molecule has 0 aliphatic carbocycles. The summed E-state index contributed by atoms with van der Waals surface area (Å²) < 4.78 is 1.78. The summed E-state index contributed by atoms with van der Waals surface area (Å²) in [4.78, 5) is 12.4. The summed E-state index contributed by atoms with van der Waals surface area (Å²) in [5.74, 6) is -0.0299. The second kappa shape index (κ2) is 6.71. The molecule has 0 aliphatic rings. The third kappa shape index (κ3) is 3.54. The zero-order valence-electron chi connectivity index (χ0n) is 14.2. The molecule has 0 spiro atoms. The molecule has 4 heteroatoms. The minimum atomic E-state index is -0.0299. The summed E-state index contributed by atoms with van der Waals surface area (Å²) in [5.41, 5.74) is 6.14. The fourth-order valence-electron chi connectivity index (χ4n) is 2.92. The van der Waals surface area contributed by atoms with Crippen molar-refractivity contribution in [2.45, 2.75) is 27.2 Å². The van der Waals surface area contributed by atoms with Gasteiger partial charge in [-0.3, -0.25) is 4.79 Å². The van der Waals surface area contributed by atoms with Crippen LogP contribution in [0.1, 0.15) is 22.3 Å². The summed E-state index contributed by atoms with van der Waals surface area (Å²) in [5, 5.41) is 7.36. The Labute approximate surface area is 142 Å². The Morgan fingerprint density at radius 3 is 2.42 bits per heavy atom. The molecule has 3 aromatic rings. The number of hydrogen-bond acceptors (Lipinski definition) is 2. The summed E-state index contributed by atoms with van der Waals surface area (Å²) in [6, 6.07) is 14.0. The summed E-state index contributed by atoms with van der Waals surface area (Å²) in [6.45, 7) is 6.09. The molecule has 122 valence electrons. The van der Waals surface area contributed by atoms with Gasteiger partial charge in [0.25, 0.3) is 0 Å². The first-order valence-electron chi connectivity index (χ1n) is 7.99. The number of aromatic nitrogens is 2. The van der Waals surface area contributed by atoms with Crippen LogP contribution in [0, 0.1) is 20.8 Å². The maximum atomic E-state index is 12.4. The van der Waals surface area contributed by atoms with E-state index in [1.165, 1.54) is 5.56 Å². The standard InChI is InChI=1S/C20H21N3O/c1-14-9-15(2)20(16(3)10-14)22-19(24)11-17-12-21-23(13-17)18-7-5-4-6-8-18/h4-10,12-13H,11H2,1-3H3,(H,22,24). The Bertz CT molecular complexity index is 843. The molecular weight excluding hydrogens is 298 g/mol. The molecule has 1 amide bonds. The maximum Gasteiger partial charge on any atom is 0.228 e. The number of hydrogen-bond donors (Lipinski definition) is 1. The lowest BCUT2D eigenvalue weighted by atomic mass is 10.0. The highest BCUT2D eigenvalue weighted by atomic mass is 16.1. The molecule has 0 saturated heterocycles. The summed E-state index contributed by atoms with van der Waals surface area (Å²) in [7, 11) is 0. The zero-order valence-corrected chi connectivity index (χ0v) is 14.2. The molecule has 0 saturated carbocycles. The van der Waals surface area contributed by atoms with Gasteiger partial charge in [0.15, 0.2) is 0 Å². The molecule has 1 heterocycles. The van der Waals surface area contributed by atoms with Crippen LogP contribution in [0.25, 0.3) is 5.69 Å². The lowest BCUT2D eigenvalue weighted by molar-refractivity contribution is -0.115. The predicted molar refractivity (Wildman–Crippen MR) is 96.6 cm³/mol. The topological polar surface area (TPSA) is 46.9 Å². The molecule has 4 nitrogen and oxygen atoms in total. The second-order valence-electron chi connectivity index (χ2n) is 6.13. The van der Waals surface area contributed by atoms with Crippen molar-refractivity contribution in [3.05, 3.63) is 77.1 Å². The first kappa shape index (κ1) is 16.0. The van der Waals surface area contributed by atoms with Crippen LogP contribution in [0.5, 0.6) is 0 Å². The Hall–Kier alpha value is -2.88. The first-order chi connectivity index (χ1) is 11.5. The maximum absolute atomic E-state index is 12.4. The molecular formula is C20H21N3O. The molecule has 24 heavy (non-hydrogen) atoms. The highest BCUT2D eigenvalue weighted by Gasteiger charge is 2.10. The molecule has 0 aliphatic heterocycles. The molecule has 0 atom stereocenters. The number of carbonyl (C=O) groups excluding carboxylic acids is 1. The van der Waals surface area contributed by atoms with E-state index in [0.29, 0.717) is 6.42 Å². The normalized spacial score (nSPS) is 10.6. The number of para-hydroxylation sites is 1. The lowest BCUT2D eigenvalue weighted by Gasteiger charge is -2.12. The molecule has 1 N–H and O–H groups in total. The highest BCUT2D eigenvalue weighted by molar-refractivity contribution is 5.93. The van der Waals surface area contributed by atoms with E-state index in [4.69, 9.17) is 0 Å². The van der Waals surface area contributed by atoms with Crippen LogP contribution in [0.4, 0.5) is 5.69 Å². The number of aryl methyl sites for hydroxylation is 3. The van der Waals surface area contributed by atoms with E-state index < -0.39 is 0 Å². The molecule has 1 aromatic heterocycles. The number of anilines is 1.